The van der Waals surface area contributed by atoms with E-state index in [-0.39, 0.29) is 0 Å². The van der Waals surface area contributed by atoms with Gasteiger partial charge >= 0.3 is 0 Å². The van der Waals surface area contributed by atoms with Gasteiger partial charge in [-0.2, -0.15) is 0 Å². The van der Waals surface area contributed by atoms with Crippen molar-refractivity contribution in [2.75, 3.05) is 0 Å². The van der Waals surface area contributed by atoms with Crippen molar-refractivity contribution in [3.63, 3.8) is 0 Å². The Hall–Kier alpha value is -1.53. The van der Waals surface area contributed by atoms with Gasteiger partial charge in [-0.3, -0.25) is 4.57 Å². The molecule has 0 fully saturated rings. The molecule has 3 rings (SSSR count). The molecule has 0 spiro atoms. The maximum atomic E-state index is 5.36. The third kappa shape index (κ3) is 1.87. The van der Waals surface area contributed by atoms with Crippen LogP contribution in [-0.4, -0.2) is 19.5 Å². The summed E-state index contributed by atoms with van der Waals surface area (Å²) in [5, 5.41) is 0. The SMILES string of the molecule is Cc1cnc2c(c1)[nH]c(=S)n2Cc1scnc1C. The van der Waals surface area contributed by atoms with Gasteiger partial charge in [0, 0.05) is 11.1 Å². The maximum absolute atomic E-state index is 5.36. The number of pyridine rings is 1. The first-order valence-electron chi connectivity index (χ1n) is 5.59. The molecule has 0 unspecified atom stereocenters. The van der Waals surface area contributed by atoms with Crippen molar-refractivity contribution in [1.29, 1.82) is 0 Å². The molecule has 1 N–H and O–H groups in total. The van der Waals surface area contributed by atoms with Gasteiger partial charge in [0.25, 0.3) is 0 Å². The zero-order chi connectivity index (χ0) is 12.7. The number of fused-ring (bicyclic) bond motifs is 1. The first-order valence-corrected chi connectivity index (χ1v) is 6.88. The molecule has 0 bridgehead atoms. The number of aryl methyl sites for hydroxylation is 2. The highest BCUT2D eigenvalue weighted by Crippen LogP contribution is 2.18. The molecule has 0 atom stereocenters. The quantitative estimate of drug-likeness (QED) is 0.731. The van der Waals surface area contributed by atoms with E-state index in [2.05, 4.69) is 21.0 Å². The Morgan fingerprint density at radius 1 is 1.39 bits per heavy atom. The van der Waals surface area contributed by atoms with Gasteiger partial charge in [0.1, 0.15) is 0 Å². The van der Waals surface area contributed by atoms with Crippen molar-refractivity contribution in [1.82, 2.24) is 19.5 Å². The number of rotatable bonds is 2. The third-order valence-corrected chi connectivity index (χ3v) is 4.13. The van der Waals surface area contributed by atoms with Gasteiger partial charge in [-0.1, -0.05) is 0 Å². The Bertz CT molecular complexity index is 766. The van der Waals surface area contributed by atoms with Crippen LogP contribution >= 0.6 is 23.6 Å². The van der Waals surface area contributed by atoms with Crippen LogP contribution < -0.4 is 0 Å². The summed E-state index contributed by atoms with van der Waals surface area (Å²) < 4.78 is 2.72. The number of nitrogens with zero attached hydrogens (tertiary/aromatic N) is 3. The second-order valence-electron chi connectivity index (χ2n) is 4.26. The highest BCUT2D eigenvalue weighted by atomic mass is 32.1. The van der Waals surface area contributed by atoms with Crippen molar-refractivity contribution in [2.24, 2.45) is 0 Å². The van der Waals surface area contributed by atoms with E-state index in [0.29, 0.717) is 4.77 Å². The molecule has 4 nitrogen and oxygen atoms in total. The summed E-state index contributed by atoms with van der Waals surface area (Å²) in [6.07, 6.45) is 1.86. The Kier molecular flexibility index (Phi) is 2.76. The molecule has 0 aliphatic carbocycles. The van der Waals surface area contributed by atoms with Gasteiger partial charge in [0.05, 0.1) is 23.3 Å². The molecule has 3 aromatic rings. The minimum absolute atomic E-state index is 0.705. The number of hydrogen-bond acceptors (Lipinski definition) is 4. The third-order valence-electron chi connectivity index (χ3n) is 2.89. The van der Waals surface area contributed by atoms with Crippen molar-refractivity contribution < 1.29 is 0 Å². The lowest BCUT2D eigenvalue weighted by Crippen LogP contribution is -2.00. The van der Waals surface area contributed by atoms with Crippen LogP contribution in [0.2, 0.25) is 0 Å². The Morgan fingerprint density at radius 2 is 2.22 bits per heavy atom. The first-order chi connectivity index (χ1) is 8.65. The van der Waals surface area contributed by atoms with E-state index >= 15 is 0 Å². The summed E-state index contributed by atoms with van der Waals surface area (Å²) in [5.41, 5.74) is 5.93. The van der Waals surface area contributed by atoms with Crippen molar-refractivity contribution in [3.8, 4) is 0 Å². The van der Waals surface area contributed by atoms with Crippen LogP contribution in [0.3, 0.4) is 0 Å². The zero-order valence-electron chi connectivity index (χ0n) is 10.1. The smallest absolute Gasteiger partial charge is 0.179 e. The normalized spacial score (nSPS) is 11.2. The number of aromatic nitrogens is 4. The lowest BCUT2D eigenvalue weighted by atomic mass is 10.3. The molecule has 6 heteroatoms. The van der Waals surface area contributed by atoms with E-state index < -0.39 is 0 Å². The highest BCUT2D eigenvalue weighted by Gasteiger charge is 2.09. The van der Waals surface area contributed by atoms with Crippen LogP contribution in [0.5, 0.6) is 0 Å². The van der Waals surface area contributed by atoms with Crippen LogP contribution in [-0.2, 0) is 6.54 Å². The molecular weight excluding hydrogens is 264 g/mol. The second-order valence-corrected chi connectivity index (χ2v) is 5.59. The molecule has 0 aliphatic heterocycles. The number of aromatic amines is 1. The van der Waals surface area contributed by atoms with Gasteiger partial charge in [-0.15, -0.1) is 11.3 Å². The van der Waals surface area contributed by atoms with Gasteiger partial charge in [-0.25, -0.2) is 9.97 Å². The van der Waals surface area contributed by atoms with E-state index in [1.165, 1.54) is 4.88 Å². The molecule has 0 saturated carbocycles. The minimum Gasteiger partial charge on any atom is -0.329 e. The fourth-order valence-corrected chi connectivity index (χ4v) is 2.94. The predicted octanol–water partition coefficient (Wildman–Crippen LogP) is 3.22. The van der Waals surface area contributed by atoms with Crippen molar-refractivity contribution >= 4 is 34.7 Å². The Morgan fingerprint density at radius 3 is 2.94 bits per heavy atom. The molecule has 0 radical (unpaired) electrons. The summed E-state index contributed by atoms with van der Waals surface area (Å²) in [4.78, 5) is 13.1. The van der Waals surface area contributed by atoms with Crippen molar-refractivity contribution in [3.05, 3.63) is 38.7 Å². The fourth-order valence-electron chi connectivity index (χ4n) is 1.92. The van der Waals surface area contributed by atoms with Gasteiger partial charge < -0.3 is 4.98 Å². The van der Waals surface area contributed by atoms with Crippen LogP contribution in [0.4, 0.5) is 0 Å². The molecule has 3 heterocycles. The number of hydrogen-bond donors (Lipinski definition) is 1. The summed E-state index contributed by atoms with van der Waals surface area (Å²) in [5.74, 6) is 0. The Labute approximate surface area is 113 Å². The van der Waals surface area contributed by atoms with Crippen LogP contribution in [0.15, 0.2) is 17.8 Å². The van der Waals surface area contributed by atoms with Crippen molar-refractivity contribution in [2.45, 2.75) is 20.4 Å². The molecule has 92 valence electrons. The highest BCUT2D eigenvalue weighted by molar-refractivity contribution is 7.71. The summed E-state index contributed by atoms with van der Waals surface area (Å²) >= 11 is 7.01. The summed E-state index contributed by atoms with van der Waals surface area (Å²) in [6, 6.07) is 2.06. The zero-order valence-corrected chi connectivity index (χ0v) is 11.7. The van der Waals surface area contributed by atoms with Gasteiger partial charge in [0.15, 0.2) is 10.4 Å². The number of H-pyrrole nitrogens is 1. The summed E-state index contributed by atoms with van der Waals surface area (Å²) in [7, 11) is 0. The number of imidazole rings is 1. The average molecular weight is 276 g/mol. The first kappa shape index (κ1) is 11.6. The molecule has 0 aromatic carbocycles. The van der Waals surface area contributed by atoms with Crippen LogP contribution in [0, 0.1) is 18.6 Å². The molecule has 18 heavy (non-hydrogen) atoms. The predicted molar refractivity (Wildman–Crippen MR) is 75.6 cm³/mol. The van der Waals surface area contributed by atoms with E-state index in [1.54, 1.807) is 11.3 Å². The monoisotopic (exact) mass is 276 g/mol. The van der Waals surface area contributed by atoms with Crippen LogP contribution in [0.25, 0.3) is 11.2 Å². The summed E-state index contributed by atoms with van der Waals surface area (Å²) in [6.45, 7) is 4.77. The van der Waals surface area contributed by atoms with E-state index in [1.807, 2.05) is 30.1 Å². The minimum atomic E-state index is 0.705. The van der Waals surface area contributed by atoms with Gasteiger partial charge in [0.2, 0.25) is 0 Å². The lowest BCUT2D eigenvalue weighted by Gasteiger charge is -2.02. The maximum Gasteiger partial charge on any atom is 0.179 e. The molecule has 0 aliphatic rings. The van der Waals surface area contributed by atoms with E-state index in [9.17, 15) is 0 Å². The number of nitrogens with one attached hydrogen (secondary N) is 1. The van der Waals surface area contributed by atoms with E-state index in [0.717, 1.165) is 29.0 Å². The average Bonchev–Trinajstić information content (AvgIpc) is 2.85. The molecule has 3 aromatic heterocycles. The molecule has 0 amide bonds. The standard InChI is InChI=1S/C12H12N4S2/c1-7-3-9-11(13-4-7)16(12(17)15-9)5-10-8(2)14-6-18-10/h3-4,6H,5H2,1-2H3,(H,15,17). The Balaban J connectivity index is 2.15. The van der Waals surface area contributed by atoms with Gasteiger partial charge in [-0.05, 0) is 37.7 Å². The molecule has 0 saturated heterocycles. The topological polar surface area (TPSA) is 46.5 Å². The lowest BCUT2D eigenvalue weighted by molar-refractivity contribution is 0.805. The fraction of sp³-hybridized carbons (Fsp3) is 0.250. The molecular formula is C12H12N4S2. The number of thiazole rings is 1. The van der Waals surface area contributed by atoms with Crippen LogP contribution in [0.1, 0.15) is 16.1 Å². The second kappa shape index (κ2) is 4.29. The van der Waals surface area contributed by atoms with E-state index in [4.69, 9.17) is 12.2 Å². The largest absolute Gasteiger partial charge is 0.329 e.